The van der Waals surface area contributed by atoms with Crippen molar-refractivity contribution >= 4 is 11.8 Å². The van der Waals surface area contributed by atoms with Crippen LogP contribution < -0.4 is 5.73 Å². The van der Waals surface area contributed by atoms with Gasteiger partial charge in [0.25, 0.3) is 0 Å². The van der Waals surface area contributed by atoms with Gasteiger partial charge < -0.3 is 5.73 Å². The number of nitrogens with two attached hydrogens (primary N) is 1. The molecule has 4 heteroatoms. The molecule has 0 heterocycles. The van der Waals surface area contributed by atoms with E-state index in [4.69, 9.17) is 5.73 Å². The van der Waals surface area contributed by atoms with Crippen molar-refractivity contribution in [3.8, 4) is 0 Å². The summed E-state index contributed by atoms with van der Waals surface area (Å²) in [6, 6.07) is 3.81. The Hall–Kier alpha value is -0.610. The van der Waals surface area contributed by atoms with Gasteiger partial charge in [-0.1, -0.05) is 19.3 Å². The Kier molecular flexibility index (Phi) is 5.01. The fraction of sp³-hybridized carbons (Fsp3) is 0.571. The van der Waals surface area contributed by atoms with Gasteiger partial charge in [0.15, 0.2) is 0 Å². The van der Waals surface area contributed by atoms with Crippen molar-refractivity contribution in [1.82, 2.24) is 0 Å². The van der Waals surface area contributed by atoms with Crippen LogP contribution in [0.1, 0.15) is 32.1 Å². The van der Waals surface area contributed by atoms with E-state index in [1.54, 1.807) is 0 Å². The van der Waals surface area contributed by atoms with E-state index in [2.05, 4.69) is 0 Å². The van der Waals surface area contributed by atoms with Gasteiger partial charge in [-0.3, -0.25) is 0 Å². The van der Waals surface area contributed by atoms with Crippen molar-refractivity contribution in [2.75, 3.05) is 6.54 Å². The van der Waals surface area contributed by atoms with Crippen LogP contribution in [0.15, 0.2) is 23.1 Å². The molecule has 1 fully saturated rings. The lowest BCUT2D eigenvalue weighted by Crippen LogP contribution is -2.24. The largest absolute Gasteiger partial charge is 0.330 e. The summed E-state index contributed by atoms with van der Waals surface area (Å²) in [4.78, 5) is 0.543. The van der Waals surface area contributed by atoms with Crippen LogP contribution in [0.2, 0.25) is 0 Å². The molecule has 0 radical (unpaired) electrons. The van der Waals surface area contributed by atoms with Crippen molar-refractivity contribution in [3.05, 3.63) is 29.8 Å². The predicted molar refractivity (Wildman–Crippen MR) is 71.6 cm³/mol. The molecule has 0 aliphatic heterocycles. The normalized spacial score (nSPS) is 24.8. The standard InChI is InChI=1S/C14H19F2NS/c15-11-6-7-14(12(16)8-11)18-13-5-3-1-2-4-10(13)9-17/h6-8,10,13H,1-5,9,17H2. The van der Waals surface area contributed by atoms with E-state index < -0.39 is 11.6 Å². The first kappa shape index (κ1) is 13.8. The van der Waals surface area contributed by atoms with E-state index >= 15 is 0 Å². The molecule has 0 amide bonds. The Morgan fingerprint density at radius 3 is 2.67 bits per heavy atom. The van der Waals surface area contributed by atoms with Gasteiger partial charge in [0.1, 0.15) is 11.6 Å². The van der Waals surface area contributed by atoms with E-state index in [0.717, 1.165) is 18.9 Å². The Morgan fingerprint density at radius 2 is 1.94 bits per heavy atom. The Labute approximate surface area is 111 Å². The van der Waals surface area contributed by atoms with Crippen LogP contribution >= 0.6 is 11.8 Å². The minimum atomic E-state index is -0.520. The summed E-state index contributed by atoms with van der Waals surface area (Å²) in [6.07, 6.45) is 5.82. The van der Waals surface area contributed by atoms with Gasteiger partial charge in [-0.25, -0.2) is 8.78 Å². The molecule has 100 valence electrons. The van der Waals surface area contributed by atoms with Crippen LogP contribution in [0.3, 0.4) is 0 Å². The van der Waals surface area contributed by atoms with Crippen LogP contribution in [0.25, 0.3) is 0 Å². The summed E-state index contributed by atoms with van der Waals surface area (Å²) >= 11 is 1.52. The highest BCUT2D eigenvalue weighted by molar-refractivity contribution is 8.00. The number of rotatable bonds is 3. The minimum absolute atomic E-state index is 0.359. The minimum Gasteiger partial charge on any atom is -0.330 e. The Balaban J connectivity index is 2.10. The number of hydrogen-bond acceptors (Lipinski definition) is 2. The molecule has 1 saturated carbocycles. The highest BCUT2D eigenvalue weighted by Crippen LogP contribution is 2.37. The third-order valence-electron chi connectivity index (χ3n) is 3.56. The van der Waals surface area contributed by atoms with Gasteiger partial charge in [-0.2, -0.15) is 0 Å². The fourth-order valence-electron chi connectivity index (χ4n) is 2.51. The molecule has 1 aromatic rings. The molecule has 0 saturated heterocycles. The molecule has 18 heavy (non-hydrogen) atoms. The van der Waals surface area contributed by atoms with E-state index in [9.17, 15) is 8.78 Å². The highest BCUT2D eigenvalue weighted by Gasteiger charge is 2.24. The van der Waals surface area contributed by atoms with Crippen molar-refractivity contribution in [2.45, 2.75) is 42.2 Å². The number of halogens is 2. The number of hydrogen-bond donors (Lipinski definition) is 1. The first-order valence-corrected chi connectivity index (χ1v) is 7.40. The zero-order chi connectivity index (χ0) is 13.0. The summed E-state index contributed by atoms with van der Waals surface area (Å²) in [5, 5.41) is 0.359. The molecule has 1 aliphatic carbocycles. The van der Waals surface area contributed by atoms with Crippen LogP contribution in [0.5, 0.6) is 0 Å². The van der Waals surface area contributed by atoms with Gasteiger partial charge in [0, 0.05) is 16.2 Å². The summed E-state index contributed by atoms with van der Waals surface area (Å²) in [5.74, 6) is -0.532. The average Bonchev–Trinajstić information content (AvgIpc) is 2.57. The number of thioether (sulfide) groups is 1. The van der Waals surface area contributed by atoms with Gasteiger partial charge in [0.05, 0.1) is 0 Å². The van der Waals surface area contributed by atoms with Crippen molar-refractivity contribution in [2.24, 2.45) is 11.7 Å². The first-order valence-electron chi connectivity index (χ1n) is 6.52. The Bertz CT molecular complexity index is 397. The van der Waals surface area contributed by atoms with Crippen LogP contribution in [0.4, 0.5) is 8.78 Å². The second-order valence-corrected chi connectivity index (χ2v) is 6.15. The maximum Gasteiger partial charge on any atom is 0.139 e. The lowest BCUT2D eigenvalue weighted by Gasteiger charge is -2.23. The second kappa shape index (κ2) is 6.53. The lowest BCUT2D eigenvalue weighted by atomic mass is 10.0. The fourth-order valence-corrected chi connectivity index (χ4v) is 3.88. The zero-order valence-corrected chi connectivity index (χ0v) is 11.2. The SMILES string of the molecule is NCC1CCCCCC1Sc1ccc(F)cc1F. The monoisotopic (exact) mass is 271 g/mol. The summed E-state index contributed by atoms with van der Waals surface area (Å²) in [6.45, 7) is 0.653. The number of benzene rings is 1. The van der Waals surface area contributed by atoms with E-state index in [0.29, 0.717) is 22.6 Å². The molecule has 2 unspecified atom stereocenters. The Morgan fingerprint density at radius 1 is 1.17 bits per heavy atom. The molecule has 0 aromatic heterocycles. The van der Waals surface area contributed by atoms with E-state index in [1.807, 2.05) is 0 Å². The molecule has 1 aliphatic rings. The van der Waals surface area contributed by atoms with Gasteiger partial charge in [-0.05, 0) is 37.4 Å². The molecule has 0 bridgehead atoms. The predicted octanol–water partition coefficient (Wildman–Crippen LogP) is 3.96. The van der Waals surface area contributed by atoms with Crippen molar-refractivity contribution in [3.63, 3.8) is 0 Å². The van der Waals surface area contributed by atoms with Gasteiger partial charge in [-0.15, -0.1) is 11.8 Å². The van der Waals surface area contributed by atoms with Crippen molar-refractivity contribution < 1.29 is 8.78 Å². The van der Waals surface area contributed by atoms with Gasteiger partial charge in [0.2, 0.25) is 0 Å². The molecule has 2 N–H and O–H groups in total. The molecular formula is C14H19F2NS. The smallest absolute Gasteiger partial charge is 0.139 e. The maximum absolute atomic E-state index is 13.6. The van der Waals surface area contributed by atoms with Crippen molar-refractivity contribution in [1.29, 1.82) is 0 Å². The molecule has 2 atom stereocenters. The third kappa shape index (κ3) is 3.45. The van der Waals surface area contributed by atoms with Crippen LogP contribution in [-0.2, 0) is 0 Å². The summed E-state index contributed by atoms with van der Waals surface area (Å²) in [7, 11) is 0. The molecule has 2 rings (SSSR count). The maximum atomic E-state index is 13.6. The second-order valence-electron chi connectivity index (χ2n) is 4.86. The average molecular weight is 271 g/mol. The highest BCUT2D eigenvalue weighted by atomic mass is 32.2. The topological polar surface area (TPSA) is 26.0 Å². The summed E-state index contributed by atoms with van der Waals surface area (Å²) < 4.78 is 26.5. The molecule has 1 nitrogen and oxygen atoms in total. The molecular weight excluding hydrogens is 252 g/mol. The molecule has 0 spiro atoms. The quantitative estimate of drug-likeness (QED) is 0.842. The van der Waals surface area contributed by atoms with E-state index in [1.165, 1.54) is 43.2 Å². The summed E-state index contributed by atoms with van der Waals surface area (Å²) in [5.41, 5.74) is 5.81. The van der Waals surface area contributed by atoms with Gasteiger partial charge >= 0.3 is 0 Å². The third-order valence-corrected chi connectivity index (χ3v) is 5.07. The molecule has 1 aromatic carbocycles. The zero-order valence-electron chi connectivity index (χ0n) is 10.4. The first-order chi connectivity index (χ1) is 8.70. The lowest BCUT2D eigenvalue weighted by molar-refractivity contribution is 0.482. The van der Waals surface area contributed by atoms with Crippen LogP contribution in [-0.4, -0.2) is 11.8 Å². The van der Waals surface area contributed by atoms with E-state index in [-0.39, 0.29) is 0 Å². The van der Waals surface area contributed by atoms with Crippen LogP contribution in [0, 0.1) is 17.6 Å².